The third kappa shape index (κ3) is 1.23. The van der Waals surface area contributed by atoms with Crippen LogP contribution in [-0.4, -0.2) is 0 Å². The molecule has 0 aliphatic rings. The molecular weight excluding hydrogens is 124 g/mol. The molecule has 0 aromatic carbocycles. The van der Waals surface area contributed by atoms with Gasteiger partial charge in [0.2, 0.25) is 0 Å². The summed E-state index contributed by atoms with van der Waals surface area (Å²) in [6.45, 7) is 6.50. The molecule has 0 bridgehead atoms. The molecule has 1 heteroatoms. The smallest absolute Gasteiger partial charge is 0.0940 e. The molecule has 0 fully saturated rings. The first-order chi connectivity index (χ1) is 4.75. The molecule has 1 heterocycles. The average Bonchev–Trinajstić information content (AvgIpc) is 2.34. The molecular formula is C9H14O. The zero-order valence-corrected chi connectivity index (χ0v) is 6.85. The van der Waals surface area contributed by atoms with E-state index in [4.69, 9.17) is 4.42 Å². The van der Waals surface area contributed by atoms with Gasteiger partial charge in [0.25, 0.3) is 0 Å². The van der Waals surface area contributed by atoms with Crippen LogP contribution in [0, 0.1) is 6.92 Å². The van der Waals surface area contributed by atoms with Gasteiger partial charge in [-0.2, -0.15) is 0 Å². The fourth-order valence-electron chi connectivity index (χ4n) is 1.10. The summed E-state index contributed by atoms with van der Waals surface area (Å²) in [6.07, 6.45) is 4.84. The Labute approximate surface area is 62.1 Å². The van der Waals surface area contributed by atoms with Crippen LogP contribution in [0.2, 0.25) is 0 Å². The first-order valence-corrected chi connectivity index (χ1v) is 3.78. The highest BCUT2D eigenvalue weighted by molar-refractivity contribution is 5.22. The normalized spacial score (nSPS) is 13.5. The van der Waals surface area contributed by atoms with E-state index in [1.54, 1.807) is 0 Å². The predicted molar refractivity (Wildman–Crippen MR) is 42.2 cm³/mol. The van der Waals surface area contributed by atoms with Gasteiger partial charge < -0.3 is 4.42 Å². The second-order valence-corrected chi connectivity index (χ2v) is 2.82. The average molecular weight is 138 g/mol. The Hall–Kier alpha value is -0.720. The summed E-state index contributed by atoms with van der Waals surface area (Å²) in [7, 11) is 0. The van der Waals surface area contributed by atoms with Gasteiger partial charge in [0, 0.05) is 0 Å². The summed E-state index contributed by atoms with van der Waals surface area (Å²) in [4.78, 5) is 0. The minimum Gasteiger partial charge on any atom is -0.472 e. The van der Waals surface area contributed by atoms with E-state index in [-0.39, 0.29) is 0 Å². The van der Waals surface area contributed by atoms with Crippen LogP contribution < -0.4 is 0 Å². The molecule has 0 N–H and O–H groups in total. The molecule has 1 nitrogen and oxygen atoms in total. The molecule has 1 rings (SSSR count). The van der Waals surface area contributed by atoms with Crippen LogP contribution in [0.15, 0.2) is 16.9 Å². The van der Waals surface area contributed by atoms with Crippen LogP contribution >= 0.6 is 0 Å². The molecule has 0 spiro atoms. The van der Waals surface area contributed by atoms with Gasteiger partial charge in [-0.3, -0.25) is 0 Å². The van der Waals surface area contributed by atoms with Crippen molar-refractivity contribution in [2.24, 2.45) is 0 Å². The van der Waals surface area contributed by atoms with Gasteiger partial charge >= 0.3 is 0 Å². The van der Waals surface area contributed by atoms with E-state index in [9.17, 15) is 0 Å². The molecule has 0 aliphatic heterocycles. The topological polar surface area (TPSA) is 13.1 Å². The number of rotatable bonds is 2. The van der Waals surface area contributed by atoms with Crippen molar-refractivity contribution >= 4 is 0 Å². The van der Waals surface area contributed by atoms with Crippen LogP contribution in [0.1, 0.15) is 37.3 Å². The first kappa shape index (κ1) is 7.39. The highest BCUT2D eigenvalue weighted by atomic mass is 16.3. The summed E-state index contributed by atoms with van der Waals surface area (Å²) in [6, 6.07) is 0. The van der Waals surface area contributed by atoms with Crippen molar-refractivity contribution in [2.45, 2.75) is 33.1 Å². The second-order valence-electron chi connectivity index (χ2n) is 2.82. The van der Waals surface area contributed by atoms with Gasteiger partial charge in [0.15, 0.2) is 0 Å². The Balaban J connectivity index is 2.82. The fraction of sp³-hybridized carbons (Fsp3) is 0.556. The van der Waals surface area contributed by atoms with Crippen molar-refractivity contribution in [1.29, 1.82) is 0 Å². The third-order valence-corrected chi connectivity index (χ3v) is 2.04. The van der Waals surface area contributed by atoms with Gasteiger partial charge in [-0.05, 0) is 30.4 Å². The highest BCUT2D eigenvalue weighted by Crippen LogP contribution is 2.22. The maximum atomic E-state index is 5.07. The number of hydrogen-bond acceptors (Lipinski definition) is 1. The van der Waals surface area contributed by atoms with Crippen molar-refractivity contribution in [1.82, 2.24) is 0 Å². The molecule has 0 saturated carbocycles. The van der Waals surface area contributed by atoms with Crippen LogP contribution in [0.5, 0.6) is 0 Å². The second kappa shape index (κ2) is 2.91. The van der Waals surface area contributed by atoms with E-state index >= 15 is 0 Å². The first-order valence-electron chi connectivity index (χ1n) is 3.78. The van der Waals surface area contributed by atoms with Gasteiger partial charge in [0.1, 0.15) is 0 Å². The van der Waals surface area contributed by atoms with Crippen LogP contribution in [0.4, 0.5) is 0 Å². The number of furan rings is 1. The zero-order valence-electron chi connectivity index (χ0n) is 6.85. The molecule has 1 atom stereocenters. The van der Waals surface area contributed by atoms with Gasteiger partial charge in [-0.25, -0.2) is 0 Å². The number of aryl methyl sites for hydroxylation is 1. The quantitative estimate of drug-likeness (QED) is 0.612. The van der Waals surface area contributed by atoms with Crippen molar-refractivity contribution in [2.75, 3.05) is 0 Å². The molecule has 0 saturated heterocycles. The summed E-state index contributed by atoms with van der Waals surface area (Å²) < 4.78 is 5.07. The summed E-state index contributed by atoms with van der Waals surface area (Å²) >= 11 is 0. The van der Waals surface area contributed by atoms with E-state index in [1.807, 2.05) is 12.5 Å². The van der Waals surface area contributed by atoms with Crippen LogP contribution in [0.25, 0.3) is 0 Å². The predicted octanol–water partition coefficient (Wildman–Crippen LogP) is 3.10. The molecule has 0 aliphatic carbocycles. The standard InChI is InChI=1S/C9H14O/c1-4-7(2)9-6-10-5-8(9)3/h5-7H,4H2,1-3H3. The van der Waals surface area contributed by atoms with Gasteiger partial charge in [0.05, 0.1) is 12.5 Å². The van der Waals surface area contributed by atoms with Crippen LogP contribution in [-0.2, 0) is 0 Å². The van der Waals surface area contributed by atoms with Crippen molar-refractivity contribution in [3.63, 3.8) is 0 Å². The molecule has 56 valence electrons. The lowest BCUT2D eigenvalue weighted by molar-refractivity contribution is 0.558. The Morgan fingerprint density at radius 3 is 2.60 bits per heavy atom. The number of hydrogen-bond donors (Lipinski definition) is 0. The third-order valence-electron chi connectivity index (χ3n) is 2.04. The van der Waals surface area contributed by atoms with E-state index in [0.29, 0.717) is 5.92 Å². The Morgan fingerprint density at radius 2 is 2.20 bits per heavy atom. The van der Waals surface area contributed by atoms with E-state index < -0.39 is 0 Å². The lowest BCUT2D eigenvalue weighted by atomic mass is 9.99. The molecule has 1 aromatic heterocycles. The largest absolute Gasteiger partial charge is 0.472 e. The molecule has 1 unspecified atom stereocenters. The highest BCUT2D eigenvalue weighted by Gasteiger charge is 2.06. The summed E-state index contributed by atoms with van der Waals surface area (Å²) in [5.41, 5.74) is 2.62. The van der Waals surface area contributed by atoms with Gasteiger partial charge in [-0.15, -0.1) is 0 Å². The van der Waals surface area contributed by atoms with Crippen molar-refractivity contribution < 1.29 is 4.42 Å². The van der Waals surface area contributed by atoms with Gasteiger partial charge in [-0.1, -0.05) is 13.8 Å². The molecule has 1 aromatic rings. The van der Waals surface area contributed by atoms with E-state index in [1.165, 1.54) is 17.5 Å². The summed E-state index contributed by atoms with van der Waals surface area (Å²) in [5.74, 6) is 0.638. The Bertz CT molecular complexity index is 200. The zero-order chi connectivity index (χ0) is 7.56. The van der Waals surface area contributed by atoms with Crippen molar-refractivity contribution in [3.8, 4) is 0 Å². The molecule has 0 radical (unpaired) electrons. The SMILES string of the molecule is CCC(C)c1cocc1C. The maximum absolute atomic E-state index is 5.07. The maximum Gasteiger partial charge on any atom is 0.0940 e. The Kier molecular flexibility index (Phi) is 2.15. The lowest BCUT2D eigenvalue weighted by Gasteiger charge is -2.04. The molecule has 10 heavy (non-hydrogen) atoms. The Morgan fingerprint density at radius 1 is 1.50 bits per heavy atom. The van der Waals surface area contributed by atoms with E-state index in [2.05, 4.69) is 20.8 Å². The lowest BCUT2D eigenvalue weighted by Crippen LogP contribution is -1.89. The monoisotopic (exact) mass is 138 g/mol. The molecule has 0 amide bonds. The van der Waals surface area contributed by atoms with Crippen molar-refractivity contribution in [3.05, 3.63) is 23.7 Å². The van der Waals surface area contributed by atoms with E-state index in [0.717, 1.165) is 0 Å². The van der Waals surface area contributed by atoms with Crippen LogP contribution in [0.3, 0.4) is 0 Å². The fourth-order valence-corrected chi connectivity index (χ4v) is 1.10. The minimum atomic E-state index is 0.638. The summed E-state index contributed by atoms with van der Waals surface area (Å²) in [5, 5.41) is 0. The minimum absolute atomic E-state index is 0.638.